The molecule has 0 bridgehead atoms. The lowest BCUT2D eigenvalue weighted by Crippen LogP contribution is -2.43. The second kappa shape index (κ2) is 7.49. The number of ether oxygens (including phenoxy) is 1. The van der Waals surface area contributed by atoms with Gasteiger partial charge in [0.05, 0.1) is 0 Å². The van der Waals surface area contributed by atoms with Crippen LogP contribution < -0.4 is 10.2 Å². The largest absolute Gasteiger partial charge is 0.365 e. The molecule has 132 valence electrons. The molecule has 0 aliphatic carbocycles. The van der Waals surface area contributed by atoms with Crippen LogP contribution in [-0.2, 0) is 16.1 Å². The summed E-state index contributed by atoms with van der Waals surface area (Å²) in [6, 6.07) is 3.98. The highest BCUT2D eigenvalue weighted by Crippen LogP contribution is 2.25. The van der Waals surface area contributed by atoms with Gasteiger partial charge < -0.3 is 19.9 Å². The summed E-state index contributed by atoms with van der Waals surface area (Å²) in [6.07, 6.45) is 4.70. The molecule has 3 heterocycles. The van der Waals surface area contributed by atoms with Crippen LogP contribution in [0.3, 0.4) is 0 Å². The van der Waals surface area contributed by atoms with Gasteiger partial charge in [0.2, 0.25) is 0 Å². The molecule has 6 heteroatoms. The minimum absolute atomic E-state index is 0.0228. The topological polar surface area (TPSA) is 57.7 Å². The first-order chi connectivity index (χ1) is 11.6. The van der Waals surface area contributed by atoms with E-state index < -0.39 is 5.60 Å². The number of carbonyl (C=O) groups excluding carboxylic acids is 1. The van der Waals surface area contributed by atoms with Gasteiger partial charge in [-0.25, -0.2) is 4.98 Å². The van der Waals surface area contributed by atoms with E-state index in [4.69, 9.17) is 4.74 Å². The number of nitrogens with zero attached hydrogens (tertiary/aromatic N) is 3. The number of anilines is 1. The summed E-state index contributed by atoms with van der Waals surface area (Å²) in [6.45, 7) is 7.17. The van der Waals surface area contributed by atoms with Crippen molar-refractivity contribution in [2.45, 2.75) is 38.3 Å². The first kappa shape index (κ1) is 17.2. The zero-order valence-electron chi connectivity index (χ0n) is 14.8. The molecular weight excluding hydrogens is 304 g/mol. The fourth-order valence-electron chi connectivity index (χ4n) is 3.43. The zero-order valence-corrected chi connectivity index (χ0v) is 14.8. The van der Waals surface area contributed by atoms with Crippen LogP contribution in [-0.4, -0.2) is 61.2 Å². The van der Waals surface area contributed by atoms with Gasteiger partial charge in [0, 0.05) is 44.5 Å². The second-order valence-corrected chi connectivity index (χ2v) is 7.00. The molecule has 0 radical (unpaired) electrons. The van der Waals surface area contributed by atoms with E-state index in [9.17, 15) is 4.79 Å². The lowest BCUT2D eigenvalue weighted by molar-refractivity contribution is -0.139. The first-order valence-corrected chi connectivity index (χ1v) is 8.88. The minimum Gasteiger partial charge on any atom is -0.365 e. The lowest BCUT2D eigenvalue weighted by Gasteiger charge is -2.25. The number of carbonyl (C=O) groups is 1. The van der Waals surface area contributed by atoms with Crippen molar-refractivity contribution in [2.24, 2.45) is 0 Å². The molecule has 2 saturated heterocycles. The maximum atomic E-state index is 12.4. The van der Waals surface area contributed by atoms with Crippen LogP contribution in [0.1, 0.15) is 31.7 Å². The lowest BCUT2D eigenvalue weighted by atomic mass is 10.0. The quantitative estimate of drug-likeness (QED) is 0.903. The summed E-state index contributed by atoms with van der Waals surface area (Å²) in [7, 11) is 2.16. The van der Waals surface area contributed by atoms with Gasteiger partial charge in [0.1, 0.15) is 11.4 Å². The predicted octanol–water partition coefficient (Wildman–Crippen LogP) is 1.41. The summed E-state index contributed by atoms with van der Waals surface area (Å²) in [5.74, 6) is 0.969. The number of rotatable bonds is 4. The summed E-state index contributed by atoms with van der Waals surface area (Å²) >= 11 is 0. The maximum absolute atomic E-state index is 12.4. The molecule has 0 saturated carbocycles. The molecule has 2 aliphatic heterocycles. The molecule has 1 amide bonds. The van der Waals surface area contributed by atoms with Crippen molar-refractivity contribution in [2.75, 3.05) is 44.7 Å². The van der Waals surface area contributed by atoms with Crippen molar-refractivity contribution in [3.05, 3.63) is 23.9 Å². The standard InChI is InChI=1S/C18H28N4O2/c1-18(7-4-13-24-18)17(23)20-14-15-6-3-8-19-16(15)22-10-5-9-21(2)11-12-22/h3,6,8H,4-5,7,9-14H2,1-2H3,(H,20,23). The Morgan fingerprint density at radius 3 is 3.00 bits per heavy atom. The molecule has 1 N–H and O–H groups in total. The van der Waals surface area contributed by atoms with Gasteiger partial charge in [-0.05, 0) is 45.8 Å². The molecule has 2 aliphatic rings. The summed E-state index contributed by atoms with van der Waals surface area (Å²) < 4.78 is 5.62. The highest BCUT2D eigenvalue weighted by molar-refractivity contribution is 5.85. The Balaban J connectivity index is 1.66. The Morgan fingerprint density at radius 1 is 1.33 bits per heavy atom. The molecule has 1 aromatic rings. The number of hydrogen-bond acceptors (Lipinski definition) is 5. The Bertz CT molecular complexity index is 572. The maximum Gasteiger partial charge on any atom is 0.252 e. The Labute approximate surface area is 144 Å². The van der Waals surface area contributed by atoms with Crippen LogP contribution in [0.2, 0.25) is 0 Å². The third-order valence-corrected chi connectivity index (χ3v) is 5.03. The van der Waals surface area contributed by atoms with Crippen LogP contribution >= 0.6 is 0 Å². The number of hydrogen-bond donors (Lipinski definition) is 1. The third-order valence-electron chi connectivity index (χ3n) is 5.03. The van der Waals surface area contributed by atoms with Crippen LogP contribution in [0.25, 0.3) is 0 Å². The predicted molar refractivity (Wildman–Crippen MR) is 94.0 cm³/mol. The van der Waals surface area contributed by atoms with E-state index in [1.54, 1.807) is 0 Å². The smallest absolute Gasteiger partial charge is 0.252 e. The number of aromatic nitrogens is 1. The van der Waals surface area contributed by atoms with Crippen molar-refractivity contribution in [1.29, 1.82) is 0 Å². The molecule has 1 atom stereocenters. The zero-order chi connectivity index (χ0) is 17.0. The fraction of sp³-hybridized carbons (Fsp3) is 0.667. The summed E-state index contributed by atoms with van der Waals surface area (Å²) in [5, 5.41) is 3.04. The van der Waals surface area contributed by atoms with Gasteiger partial charge in [0.25, 0.3) is 5.91 Å². The second-order valence-electron chi connectivity index (χ2n) is 7.00. The minimum atomic E-state index is -0.673. The van der Waals surface area contributed by atoms with Gasteiger partial charge in [-0.3, -0.25) is 4.79 Å². The Morgan fingerprint density at radius 2 is 2.21 bits per heavy atom. The number of pyridine rings is 1. The number of likely N-dealkylation sites (N-methyl/N-ethyl adjacent to an activating group) is 1. The van der Waals surface area contributed by atoms with Crippen molar-refractivity contribution in [3.63, 3.8) is 0 Å². The molecule has 6 nitrogen and oxygen atoms in total. The highest BCUT2D eigenvalue weighted by atomic mass is 16.5. The van der Waals surface area contributed by atoms with Crippen molar-refractivity contribution in [1.82, 2.24) is 15.2 Å². The van der Waals surface area contributed by atoms with Gasteiger partial charge in [-0.15, -0.1) is 0 Å². The van der Waals surface area contributed by atoms with Gasteiger partial charge in [-0.2, -0.15) is 0 Å². The van der Waals surface area contributed by atoms with E-state index >= 15 is 0 Å². The molecule has 1 aromatic heterocycles. The van der Waals surface area contributed by atoms with Gasteiger partial charge in [-0.1, -0.05) is 6.07 Å². The normalized spacial score (nSPS) is 25.5. The molecular formula is C18H28N4O2. The molecule has 0 aromatic carbocycles. The summed E-state index contributed by atoms with van der Waals surface area (Å²) in [4.78, 5) is 21.7. The van der Waals surface area contributed by atoms with E-state index in [0.29, 0.717) is 13.2 Å². The van der Waals surface area contributed by atoms with Gasteiger partial charge in [0.15, 0.2) is 0 Å². The van der Waals surface area contributed by atoms with E-state index in [2.05, 4.69) is 33.2 Å². The average Bonchev–Trinajstić information content (AvgIpc) is 2.92. The Kier molecular flexibility index (Phi) is 5.36. The molecule has 3 rings (SSSR count). The molecule has 0 spiro atoms. The number of amides is 1. The van der Waals surface area contributed by atoms with E-state index in [1.165, 1.54) is 0 Å². The van der Waals surface area contributed by atoms with Crippen LogP contribution in [0.5, 0.6) is 0 Å². The number of nitrogens with one attached hydrogen (secondary N) is 1. The monoisotopic (exact) mass is 332 g/mol. The van der Waals surface area contributed by atoms with Crippen molar-refractivity contribution >= 4 is 11.7 Å². The van der Waals surface area contributed by atoms with Crippen molar-refractivity contribution < 1.29 is 9.53 Å². The first-order valence-electron chi connectivity index (χ1n) is 8.88. The fourth-order valence-corrected chi connectivity index (χ4v) is 3.43. The van der Waals surface area contributed by atoms with Crippen LogP contribution in [0, 0.1) is 0 Å². The van der Waals surface area contributed by atoms with Crippen LogP contribution in [0.4, 0.5) is 5.82 Å². The average molecular weight is 332 g/mol. The van der Waals surface area contributed by atoms with Crippen molar-refractivity contribution in [3.8, 4) is 0 Å². The van der Waals surface area contributed by atoms with Crippen LogP contribution in [0.15, 0.2) is 18.3 Å². The van der Waals surface area contributed by atoms with E-state index in [-0.39, 0.29) is 5.91 Å². The van der Waals surface area contributed by atoms with E-state index in [0.717, 1.165) is 56.8 Å². The highest BCUT2D eigenvalue weighted by Gasteiger charge is 2.37. The molecule has 2 fully saturated rings. The van der Waals surface area contributed by atoms with Gasteiger partial charge >= 0.3 is 0 Å². The third kappa shape index (κ3) is 3.87. The van der Waals surface area contributed by atoms with E-state index in [1.807, 2.05) is 19.2 Å². The molecule has 24 heavy (non-hydrogen) atoms. The Hall–Kier alpha value is -1.66. The SMILES string of the molecule is CN1CCCN(c2ncccc2CNC(=O)C2(C)CCCO2)CC1. The molecule has 1 unspecified atom stereocenters. The summed E-state index contributed by atoms with van der Waals surface area (Å²) in [5.41, 5.74) is 0.394.